The Labute approximate surface area is 143 Å². The number of amides is 1. The second kappa shape index (κ2) is 7.89. The zero-order chi connectivity index (χ0) is 16.8. The second-order valence-corrected chi connectivity index (χ2v) is 5.96. The van der Waals surface area contributed by atoms with Crippen LogP contribution < -0.4 is 5.43 Å². The molecule has 2 aromatic carbocycles. The Bertz CT molecular complexity index is 750. The topological polar surface area (TPSA) is 81.9 Å². The van der Waals surface area contributed by atoms with Gasteiger partial charge in [-0.05, 0) is 53.8 Å². The van der Waals surface area contributed by atoms with Crippen LogP contribution in [0, 0.1) is 0 Å². The zero-order valence-corrected chi connectivity index (χ0v) is 13.9. The largest absolute Gasteiger partial charge is 0.504 e. The number of rotatable bonds is 5. The number of benzene rings is 2. The summed E-state index contributed by atoms with van der Waals surface area (Å²) in [4.78, 5) is 12.9. The normalized spacial score (nSPS) is 10.9. The van der Waals surface area contributed by atoms with Crippen molar-refractivity contribution in [3.8, 4) is 11.5 Å². The van der Waals surface area contributed by atoms with E-state index in [-0.39, 0.29) is 23.8 Å². The van der Waals surface area contributed by atoms with Gasteiger partial charge in [-0.1, -0.05) is 11.6 Å². The molecule has 0 heterocycles. The van der Waals surface area contributed by atoms with Crippen molar-refractivity contribution in [2.24, 2.45) is 5.10 Å². The van der Waals surface area contributed by atoms with Crippen molar-refractivity contribution < 1.29 is 15.0 Å². The number of phenols is 2. The molecule has 0 radical (unpaired) electrons. The molecule has 120 valence electrons. The van der Waals surface area contributed by atoms with Crippen molar-refractivity contribution >= 4 is 35.5 Å². The van der Waals surface area contributed by atoms with Crippen LogP contribution in [-0.2, 0) is 11.2 Å². The molecule has 0 unspecified atom stereocenters. The number of halogens is 1. The highest BCUT2D eigenvalue weighted by molar-refractivity contribution is 7.98. The molecule has 0 saturated carbocycles. The van der Waals surface area contributed by atoms with Gasteiger partial charge in [0.1, 0.15) is 0 Å². The highest BCUT2D eigenvalue weighted by atomic mass is 35.5. The van der Waals surface area contributed by atoms with E-state index in [1.807, 2.05) is 12.3 Å². The first-order chi connectivity index (χ1) is 11.0. The van der Waals surface area contributed by atoms with Gasteiger partial charge in [0.25, 0.3) is 0 Å². The SMILES string of the molecule is CSc1ccc(Cl)cc1CC(=O)N/N=C\c1ccc(O)c(O)c1. The molecule has 0 aliphatic carbocycles. The Hall–Kier alpha value is -2.18. The molecule has 0 bridgehead atoms. The molecule has 0 saturated heterocycles. The molecular formula is C16H15ClN2O3S. The van der Waals surface area contributed by atoms with Crippen molar-refractivity contribution in [3.63, 3.8) is 0 Å². The van der Waals surface area contributed by atoms with Gasteiger partial charge in [-0.15, -0.1) is 11.8 Å². The maximum Gasteiger partial charge on any atom is 0.244 e. The van der Waals surface area contributed by atoms with Crippen molar-refractivity contribution in [3.05, 3.63) is 52.5 Å². The van der Waals surface area contributed by atoms with E-state index in [2.05, 4.69) is 10.5 Å². The van der Waals surface area contributed by atoms with Gasteiger partial charge in [-0.2, -0.15) is 5.10 Å². The molecule has 5 nitrogen and oxygen atoms in total. The number of hydrogen-bond acceptors (Lipinski definition) is 5. The number of phenolic OH excluding ortho intramolecular Hbond substituents is 2. The lowest BCUT2D eigenvalue weighted by Crippen LogP contribution is -2.20. The maximum atomic E-state index is 11.9. The fourth-order valence-corrected chi connectivity index (χ4v) is 2.69. The van der Waals surface area contributed by atoms with E-state index in [1.165, 1.54) is 18.3 Å². The van der Waals surface area contributed by atoms with Gasteiger partial charge in [-0.25, -0.2) is 5.43 Å². The second-order valence-electron chi connectivity index (χ2n) is 4.67. The third kappa shape index (κ3) is 4.91. The predicted molar refractivity (Wildman–Crippen MR) is 92.4 cm³/mol. The molecule has 0 spiro atoms. The number of carbonyl (C=O) groups excluding carboxylic acids is 1. The van der Waals surface area contributed by atoms with Gasteiger partial charge in [0.15, 0.2) is 11.5 Å². The summed E-state index contributed by atoms with van der Waals surface area (Å²) < 4.78 is 0. The summed E-state index contributed by atoms with van der Waals surface area (Å²) in [5, 5.41) is 23.0. The molecule has 0 fully saturated rings. The fraction of sp³-hybridized carbons (Fsp3) is 0.125. The third-order valence-corrected chi connectivity index (χ3v) is 4.07. The lowest BCUT2D eigenvalue weighted by molar-refractivity contribution is -0.120. The number of carbonyl (C=O) groups is 1. The first-order valence-electron chi connectivity index (χ1n) is 6.66. The Kier molecular flexibility index (Phi) is 5.90. The summed E-state index contributed by atoms with van der Waals surface area (Å²) in [6, 6.07) is 9.66. The summed E-state index contributed by atoms with van der Waals surface area (Å²) in [7, 11) is 0. The Morgan fingerprint density at radius 3 is 2.74 bits per heavy atom. The maximum absolute atomic E-state index is 11.9. The summed E-state index contributed by atoms with van der Waals surface area (Å²) in [5.74, 6) is -0.734. The van der Waals surface area contributed by atoms with Crippen LogP contribution in [0.2, 0.25) is 5.02 Å². The van der Waals surface area contributed by atoms with Gasteiger partial charge in [0, 0.05) is 9.92 Å². The van der Waals surface area contributed by atoms with Crippen LogP contribution >= 0.6 is 23.4 Å². The van der Waals surface area contributed by atoms with Gasteiger partial charge >= 0.3 is 0 Å². The van der Waals surface area contributed by atoms with Gasteiger partial charge < -0.3 is 10.2 Å². The summed E-state index contributed by atoms with van der Waals surface area (Å²) in [5.41, 5.74) is 3.80. The minimum Gasteiger partial charge on any atom is -0.504 e. The van der Waals surface area contributed by atoms with E-state index in [0.717, 1.165) is 10.5 Å². The number of aromatic hydroxyl groups is 2. The van der Waals surface area contributed by atoms with Crippen LogP contribution in [0.1, 0.15) is 11.1 Å². The first-order valence-corrected chi connectivity index (χ1v) is 8.26. The van der Waals surface area contributed by atoms with E-state index in [9.17, 15) is 15.0 Å². The molecule has 0 atom stereocenters. The van der Waals surface area contributed by atoms with Gasteiger partial charge in [0.2, 0.25) is 5.91 Å². The lowest BCUT2D eigenvalue weighted by atomic mass is 10.1. The van der Waals surface area contributed by atoms with Crippen LogP contribution in [0.3, 0.4) is 0 Å². The fourth-order valence-electron chi connectivity index (χ4n) is 1.90. The lowest BCUT2D eigenvalue weighted by Gasteiger charge is -2.07. The van der Waals surface area contributed by atoms with Crippen molar-refractivity contribution in [2.45, 2.75) is 11.3 Å². The minimum absolute atomic E-state index is 0.162. The highest BCUT2D eigenvalue weighted by Crippen LogP contribution is 2.25. The first kappa shape index (κ1) is 17.2. The molecule has 0 aliphatic heterocycles. The molecule has 1 amide bonds. The molecule has 3 N–H and O–H groups in total. The molecule has 2 aromatic rings. The molecule has 7 heteroatoms. The van der Waals surface area contributed by atoms with Crippen molar-refractivity contribution in [2.75, 3.05) is 6.26 Å². The summed E-state index contributed by atoms with van der Waals surface area (Å²) >= 11 is 7.50. The molecular weight excluding hydrogens is 336 g/mol. The molecule has 0 aliphatic rings. The number of hydrogen-bond donors (Lipinski definition) is 3. The highest BCUT2D eigenvalue weighted by Gasteiger charge is 2.08. The van der Waals surface area contributed by atoms with Crippen LogP contribution in [0.25, 0.3) is 0 Å². The van der Waals surface area contributed by atoms with Gasteiger partial charge in [0.05, 0.1) is 12.6 Å². The average Bonchev–Trinajstić information content (AvgIpc) is 2.51. The number of nitrogens with one attached hydrogen (secondary N) is 1. The van der Waals surface area contributed by atoms with Crippen LogP contribution in [0.4, 0.5) is 0 Å². The molecule has 2 rings (SSSR count). The van der Waals surface area contributed by atoms with Crippen LogP contribution in [0.15, 0.2) is 46.4 Å². The van der Waals surface area contributed by atoms with E-state index < -0.39 is 0 Å². The zero-order valence-electron chi connectivity index (χ0n) is 12.3. The Balaban J connectivity index is 1.98. The van der Waals surface area contributed by atoms with Crippen LogP contribution in [-0.4, -0.2) is 28.6 Å². The van der Waals surface area contributed by atoms with E-state index >= 15 is 0 Å². The Morgan fingerprint density at radius 1 is 1.26 bits per heavy atom. The minimum atomic E-state index is -0.276. The number of thioether (sulfide) groups is 1. The number of nitrogens with zero attached hydrogens (tertiary/aromatic N) is 1. The Morgan fingerprint density at radius 2 is 2.04 bits per heavy atom. The number of hydrazone groups is 1. The summed E-state index contributed by atoms with van der Waals surface area (Å²) in [6.07, 6.45) is 3.47. The third-order valence-electron chi connectivity index (χ3n) is 3.00. The standard InChI is InChI=1S/C16H15ClN2O3S/c1-23-15-5-3-12(17)7-11(15)8-16(22)19-18-9-10-2-4-13(20)14(21)6-10/h2-7,9,20-21H,8H2,1H3,(H,19,22)/b18-9-. The summed E-state index contributed by atoms with van der Waals surface area (Å²) in [6.45, 7) is 0. The molecule has 23 heavy (non-hydrogen) atoms. The van der Waals surface area contributed by atoms with Crippen molar-refractivity contribution in [1.29, 1.82) is 0 Å². The monoisotopic (exact) mass is 350 g/mol. The molecule has 0 aromatic heterocycles. The average molecular weight is 351 g/mol. The predicted octanol–water partition coefficient (Wildman–Crippen LogP) is 3.17. The van der Waals surface area contributed by atoms with E-state index in [1.54, 1.807) is 30.0 Å². The van der Waals surface area contributed by atoms with Crippen molar-refractivity contribution in [1.82, 2.24) is 5.43 Å². The van der Waals surface area contributed by atoms with E-state index in [0.29, 0.717) is 10.6 Å². The van der Waals surface area contributed by atoms with E-state index in [4.69, 9.17) is 11.6 Å². The smallest absolute Gasteiger partial charge is 0.244 e. The quantitative estimate of drug-likeness (QED) is 0.335. The van der Waals surface area contributed by atoms with Crippen LogP contribution in [0.5, 0.6) is 11.5 Å². The van der Waals surface area contributed by atoms with Gasteiger partial charge in [-0.3, -0.25) is 4.79 Å².